The van der Waals surface area contributed by atoms with Crippen LogP contribution in [0.1, 0.15) is 36.2 Å². The Hall–Kier alpha value is -1.58. The van der Waals surface area contributed by atoms with E-state index in [1.54, 1.807) is 0 Å². The van der Waals surface area contributed by atoms with Crippen molar-refractivity contribution in [3.8, 4) is 0 Å². The Kier molecular flexibility index (Phi) is 2.58. The van der Waals surface area contributed by atoms with Crippen molar-refractivity contribution >= 4 is 5.91 Å². The van der Waals surface area contributed by atoms with E-state index in [1.807, 2.05) is 6.92 Å². The molecule has 0 aliphatic heterocycles. The molecule has 80 valence electrons. The van der Waals surface area contributed by atoms with Crippen molar-refractivity contribution in [3.05, 3.63) is 30.0 Å². The van der Waals surface area contributed by atoms with E-state index in [9.17, 15) is 4.79 Å². The van der Waals surface area contributed by atoms with Crippen LogP contribution in [0.5, 0.6) is 0 Å². The van der Waals surface area contributed by atoms with Crippen LogP contribution in [-0.2, 0) is 11.2 Å². The van der Waals surface area contributed by atoms with Gasteiger partial charge in [-0.05, 0) is 18.9 Å². The number of carbonyl (C=O) groups is 1. The summed E-state index contributed by atoms with van der Waals surface area (Å²) in [7, 11) is 0. The van der Waals surface area contributed by atoms with Crippen molar-refractivity contribution in [2.75, 3.05) is 0 Å². The number of fused-ring (bicyclic) bond motifs is 1. The molecule has 0 radical (unpaired) electrons. The molecule has 1 amide bonds. The van der Waals surface area contributed by atoms with Crippen LogP contribution in [0.25, 0.3) is 0 Å². The first-order chi connectivity index (χ1) is 7.20. The number of aromatic nitrogens is 1. The first-order valence-corrected chi connectivity index (χ1v) is 5.10. The van der Waals surface area contributed by atoms with Crippen LogP contribution < -0.4 is 5.32 Å². The summed E-state index contributed by atoms with van der Waals surface area (Å²) in [6, 6.07) is -0.0169. The second-order valence-corrected chi connectivity index (χ2v) is 3.70. The number of nitrogens with one attached hydrogen (secondary N) is 1. The molecule has 4 nitrogen and oxygen atoms in total. The second kappa shape index (κ2) is 3.88. The molecule has 0 bridgehead atoms. The number of rotatable bonds is 2. The molecule has 1 N–H and O–H groups in total. The summed E-state index contributed by atoms with van der Waals surface area (Å²) in [4.78, 5) is 15.5. The molecule has 4 heteroatoms. The average molecular weight is 206 g/mol. The van der Waals surface area contributed by atoms with Crippen LogP contribution in [-0.4, -0.2) is 10.9 Å². The lowest BCUT2D eigenvalue weighted by Gasteiger charge is -2.20. The Balaban J connectivity index is 2.21. The smallest absolute Gasteiger partial charge is 0.243 e. The summed E-state index contributed by atoms with van der Waals surface area (Å²) in [5.41, 5.74) is 0.883. The van der Waals surface area contributed by atoms with Gasteiger partial charge in [0, 0.05) is 13.3 Å². The molecule has 1 aromatic heterocycles. The first-order valence-electron chi connectivity index (χ1n) is 5.10. The highest BCUT2D eigenvalue weighted by molar-refractivity contribution is 5.87. The van der Waals surface area contributed by atoms with Gasteiger partial charge in [-0.3, -0.25) is 4.79 Å². The highest BCUT2D eigenvalue weighted by atomic mass is 16.4. The largest absolute Gasteiger partial charge is 0.446 e. The van der Waals surface area contributed by atoms with Gasteiger partial charge in [-0.15, -0.1) is 0 Å². The van der Waals surface area contributed by atoms with Crippen molar-refractivity contribution in [2.45, 2.75) is 32.2 Å². The summed E-state index contributed by atoms with van der Waals surface area (Å²) >= 11 is 0. The van der Waals surface area contributed by atoms with Crippen LogP contribution in [0, 0.1) is 6.92 Å². The van der Waals surface area contributed by atoms with E-state index in [4.69, 9.17) is 4.42 Å². The molecule has 15 heavy (non-hydrogen) atoms. The molecular weight excluding hydrogens is 192 g/mol. The van der Waals surface area contributed by atoms with Gasteiger partial charge in [0.25, 0.3) is 0 Å². The van der Waals surface area contributed by atoms with Crippen LogP contribution in [0.4, 0.5) is 0 Å². The molecule has 0 saturated carbocycles. The summed E-state index contributed by atoms with van der Waals surface area (Å²) < 4.78 is 5.46. The van der Waals surface area contributed by atoms with Crippen LogP contribution in [0.3, 0.4) is 0 Å². The molecule has 0 aromatic carbocycles. The van der Waals surface area contributed by atoms with Crippen LogP contribution >= 0.6 is 0 Å². The maximum Gasteiger partial charge on any atom is 0.243 e. The third-order valence-electron chi connectivity index (χ3n) is 2.56. The fourth-order valence-corrected chi connectivity index (χ4v) is 1.91. The molecule has 0 saturated heterocycles. The van der Waals surface area contributed by atoms with Gasteiger partial charge in [-0.25, -0.2) is 4.98 Å². The zero-order chi connectivity index (χ0) is 10.8. The Labute approximate surface area is 88.4 Å². The van der Waals surface area contributed by atoms with Gasteiger partial charge < -0.3 is 9.73 Å². The van der Waals surface area contributed by atoms with E-state index >= 15 is 0 Å². The van der Waals surface area contributed by atoms with E-state index in [-0.39, 0.29) is 11.9 Å². The Morgan fingerprint density at radius 2 is 2.53 bits per heavy atom. The van der Waals surface area contributed by atoms with Crippen molar-refractivity contribution in [1.29, 1.82) is 0 Å². The molecule has 2 rings (SSSR count). The quantitative estimate of drug-likeness (QED) is 0.749. The predicted octanol–water partition coefficient (Wildman–Crippen LogP) is 1.66. The minimum atomic E-state index is -0.159. The summed E-state index contributed by atoms with van der Waals surface area (Å²) in [5.74, 6) is 1.42. The van der Waals surface area contributed by atoms with E-state index in [0.717, 1.165) is 30.7 Å². The molecule has 1 unspecified atom stereocenters. The topological polar surface area (TPSA) is 55.1 Å². The summed E-state index contributed by atoms with van der Waals surface area (Å²) in [6.45, 7) is 5.26. The SMILES string of the molecule is C=CC(=O)NC1CCCc2oc(C)nc21. The number of amides is 1. The normalized spacial score (nSPS) is 19.4. The standard InChI is InChI=1S/C11H14N2O2/c1-3-10(14)13-8-5-4-6-9-11(8)12-7(2)15-9/h3,8H,1,4-6H2,2H3,(H,13,14). The molecule has 0 spiro atoms. The molecule has 1 atom stereocenters. The van der Waals surface area contributed by atoms with Crippen LogP contribution in [0.2, 0.25) is 0 Å². The monoisotopic (exact) mass is 206 g/mol. The van der Waals surface area contributed by atoms with Gasteiger partial charge in [0.05, 0.1) is 6.04 Å². The lowest BCUT2D eigenvalue weighted by molar-refractivity contribution is -0.117. The Bertz CT molecular complexity index is 395. The number of hydrogen-bond acceptors (Lipinski definition) is 3. The maximum absolute atomic E-state index is 11.2. The molecule has 0 fully saturated rings. The lowest BCUT2D eigenvalue weighted by atomic mass is 9.97. The average Bonchev–Trinajstić information content (AvgIpc) is 2.59. The highest BCUT2D eigenvalue weighted by Gasteiger charge is 2.25. The Morgan fingerprint density at radius 1 is 1.73 bits per heavy atom. The van der Waals surface area contributed by atoms with Gasteiger partial charge in [-0.1, -0.05) is 6.58 Å². The molecule has 1 aliphatic carbocycles. The number of oxazole rings is 1. The number of carbonyl (C=O) groups excluding carboxylic acids is 1. The number of aryl methyl sites for hydroxylation is 2. The van der Waals surface area contributed by atoms with Gasteiger partial charge in [0.2, 0.25) is 5.91 Å². The minimum Gasteiger partial charge on any atom is -0.446 e. The summed E-state index contributed by atoms with van der Waals surface area (Å²) in [6.07, 6.45) is 4.13. The zero-order valence-corrected chi connectivity index (χ0v) is 8.75. The first kappa shape index (κ1) is 9.96. The van der Waals surface area contributed by atoms with E-state index in [0.29, 0.717) is 5.89 Å². The van der Waals surface area contributed by atoms with Crippen LogP contribution in [0.15, 0.2) is 17.1 Å². The van der Waals surface area contributed by atoms with Crippen molar-refractivity contribution in [2.24, 2.45) is 0 Å². The second-order valence-electron chi connectivity index (χ2n) is 3.70. The molecule has 1 heterocycles. The third kappa shape index (κ3) is 1.93. The zero-order valence-electron chi connectivity index (χ0n) is 8.75. The van der Waals surface area contributed by atoms with Crippen molar-refractivity contribution in [3.63, 3.8) is 0 Å². The van der Waals surface area contributed by atoms with Crippen molar-refractivity contribution in [1.82, 2.24) is 10.3 Å². The molecule has 1 aliphatic rings. The molecule has 1 aromatic rings. The number of nitrogens with zero attached hydrogens (tertiary/aromatic N) is 1. The van der Waals surface area contributed by atoms with Gasteiger partial charge in [-0.2, -0.15) is 0 Å². The fourth-order valence-electron chi connectivity index (χ4n) is 1.91. The van der Waals surface area contributed by atoms with Crippen molar-refractivity contribution < 1.29 is 9.21 Å². The number of hydrogen-bond donors (Lipinski definition) is 1. The van der Waals surface area contributed by atoms with Gasteiger partial charge >= 0.3 is 0 Å². The van der Waals surface area contributed by atoms with E-state index in [2.05, 4.69) is 16.9 Å². The van der Waals surface area contributed by atoms with E-state index < -0.39 is 0 Å². The van der Waals surface area contributed by atoms with E-state index in [1.165, 1.54) is 6.08 Å². The maximum atomic E-state index is 11.2. The molecular formula is C11H14N2O2. The van der Waals surface area contributed by atoms with Gasteiger partial charge in [0.15, 0.2) is 5.89 Å². The summed E-state index contributed by atoms with van der Waals surface area (Å²) in [5, 5.41) is 2.86. The fraction of sp³-hybridized carbons (Fsp3) is 0.455. The lowest BCUT2D eigenvalue weighted by Crippen LogP contribution is -2.29. The third-order valence-corrected chi connectivity index (χ3v) is 2.56. The highest BCUT2D eigenvalue weighted by Crippen LogP contribution is 2.29. The Morgan fingerprint density at radius 3 is 3.27 bits per heavy atom. The van der Waals surface area contributed by atoms with Gasteiger partial charge in [0.1, 0.15) is 11.5 Å². The predicted molar refractivity (Wildman–Crippen MR) is 55.3 cm³/mol. The minimum absolute atomic E-state index is 0.0169.